The Hall–Kier alpha value is -3.28. The van der Waals surface area contributed by atoms with E-state index in [4.69, 9.17) is 14.6 Å². The number of benzene rings is 1. The maximum absolute atomic E-state index is 13.9. The molecule has 42 heavy (non-hydrogen) atoms. The van der Waals surface area contributed by atoms with Gasteiger partial charge in [0.1, 0.15) is 11.9 Å². The van der Waals surface area contributed by atoms with Gasteiger partial charge in [0.2, 0.25) is 15.7 Å². The van der Waals surface area contributed by atoms with Crippen molar-refractivity contribution in [2.24, 2.45) is 0 Å². The van der Waals surface area contributed by atoms with Crippen LogP contribution in [0, 0.1) is 0 Å². The van der Waals surface area contributed by atoms with E-state index in [1.165, 1.54) is 12.1 Å². The highest BCUT2D eigenvalue weighted by atomic mass is 32.2. The first-order chi connectivity index (χ1) is 19.2. The van der Waals surface area contributed by atoms with E-state index in [9.17, 15) is 44.3 Å². The number of nitrogens with zero attached hydrogens (tertiary/aromatic N) is 2. The lowest BCUT2D eigenvalue weighted by atomic mass is 10.1. The fraction of sp³-hybridized carbons (Fsp3) is 0.542. The summed E-state index contributed by atoms with van der Waals surface area (Å²) in [7, 11) is -4.78. The Bertz CT molecular complexity index is 1420. The number of hydrogen-bond acceptors (Lipinski definition) is 9. The highest BCUT2D eigenvalue weighted by molar-refractivity contribution is 7.93. The van der Waals surface area contributed by atoms with Crippen molar-refractivity contribution >= 4 is 39.0 Å². The molecule has 1 N–H and O–H groups in total. The lowest BCUT2D eigenvalue weighted by molar-refractivity contribution is -0.257. The SMILES string of the molecule is CCc1nc(S(=O)(=O)N2C[C@H](CCC(=O)O)Oc3ccc(CC(=O)OC(C)(C)C(F)(F)F)cc32)c(OCC(F)(F)F)s1. The molecular weight excluding hydrogens is 622 g/mol. The van der Waals surface area contributed by atoms with Crippen LogP contribution in [0.3, 0.4) is 0 Å². The van der Waals surface area contributed by atoms with E-state index in [-0.39, 0.29) is 34.8 Å². The molecule has 2 aromatic rings. The van der Waals surface area contributed by atoms with Gasteiger partial charge in [-0.1, -0.05) is 24.3 Å². The summed E-state index contributed by atoms with van der Waals surface area (Å²) in [5.41, 5.74) is -2.97. The maximum Gasteiger partial charge on any atom is 0.427 e. The lowest BCUT2D eigenvalue weighted by Crippen LogP contribution is -2.44. The molecule has 0 fully saturated rings. The van der Waals surface area contributed by atoms with Crippen LogP contribution >= 0.6 is 11.3 Å². The van der Waals surface area contributed by atoms with Gasteiger partial charge >= 0.3 is 24.3 Å². The van der Waals surface area contributed by atoms with E-state index in [1.54, 1.807) is 6.92 Å². The molecule has 0 unspecified atom stereocenters. The number of carbonyl (C=O) groups excluding carboxylic acids is 1. The second-order valence-corrected chi connectivity index (χ2v) is 12.5. The monoisotopic (exact) mass is 648 g/mol. The van der Waals surface area contributed by atoms with Gasteiger partial charge in [-0.2, -0.15) is 34.8 Å². The highest BCUT2D eigenvalue weighted by Crippen LogP contribution is 2.42. The standard InChI is InChI=1S/C24H26F6N2O8S2/c1-4-17-31-20(21(41-17)38-12-23(25,26)27)42(36,37)32-11-14(6-8-18(33)34)39-16-7-5-13(9-15(16)32)10-19(35)40-22(2,3)24(28,29)30/h5,7,9,14H,4,6,8,10-12H2,1-3H3,(H,33,34)/t14-/m0/s1. The molecule has 1 aliphatic rings. The number of rotatable bonds is 11. The summed E-state index contributed by atoms with van der Waals surface area (Å²) >= 11 is 0.605. The number of hydrogen-bond donors (Lipinski definition) is 1. The molecule has 2 heterocycles. The van der Waals surface area contributed by atoms with Gasteiger partial charge in [-0.15, -0.1) is 0 Å². The second kappa shape index (κ2) is 12.1. The number of carboxylic acid groups (broad SMARTS) is 1. The summed E-state index contributed by atoms with van der Waals surface area (Å²) in [6.45, 7) is 0.639. The molecule has 0 aliphatic carbocycles. The number of thiazole rings is 1. The highest BCUT2D eigenvalue weighted by Gasteiger charge is 2.50. The number of fused-ring (bicyclic) bond motifs is 1. The van der Waals surface area contributed by atoms with Gasteiger partial charge < -0.3 is 19.3 Å². The van der Waals surface area contributed by atoms with Gasteiger partial charge in [0.15, 0.2) is 6.61 Å². The molecule has 0 amide bonds. The molecule has 1 aliphatic heterocycles. The Labute approximate surface area is 240 Å². The molecule has 234 valence electrons. The van der Waals surface area contributed by atoms with Crippen LogP contribution < -0.4 is 13.8 Å². The number of halogens is 6. The third kappa shape index (κ3) is 7.96. The molecule has 0 radical (unpaired) electrons. The Morgan fingerprint density at radius 3 is 2.43 bits per heavy atom. The molecule has 10 nitrogen and oxygen atoms in total. The van der Waals surface area contributed by atoms with Crippen molar-refractivity contribution in [3.05, 3.63) is 28.8 Å². The average molecular weight is 649 g/mol. The van der Waals surface area contributed by atoms with Crippen molar-refractivity contribution in [2.45, 2.75) is 75.5 Å². The van der Waals surface area contributed by atoms with E-state index >= 15 is 0 Å². The van der Waals surface area contributed by atoms with E-state index in [1.807, 2.05) is 0 Å². The predicted molar refractivity (Wildman–Crippen MR) is 135 cm³/mol. The summed E-state index contributed by atoms with van der Waals surface area (Å²) in [4.78, 5) is 27.4. The van der Waals surface area contributed by atoms with Gasteiger partial charge in [0, 0.05) is 6.42 Å². The van der Waals surface area contributed by atoms with Crippen molar-refractivity contribution in [1.82, 2.24) is 4.98 Å². The van der Waals surface area contributed by atoms with Crippen molar-refractivity contribution in [1.29, 1.82) is 0 Å². The topological polar surface area (TPSA) is 132 Å². The number of anilines is 1. The summed E-state index contributed by atoms with van der Waals surface area (Å²) in [5.74, 6) is -2.54. The van der Waals surface area contributed by atoms with Crippen LogP contribution in [-0.4, -0.2) is 67.7 Å². The van der Waals surface area contributed by atoms with E-state index in [0.29, 0.717) is 25.2 Å². The van der Waals surface area contributed by atoms with Gasteiger partial charge in [0.05, 0.1) is 23.7 Å². The maximum atomic E-state index is 13.9. The Kier molecular flexibility index (Phi) is 9.61. The Morgan fingerprint density at radius 2 is 1.86 bits per heavy atom. The third-order valence-electron chi connectivity index (χ3n) is 5.85. The first kappa shape index (κ1) is 33.2. The van der Waals surface area contributed by atoms with Crippen LogP contribution in [0.1, 0.15) is 44.2 Å². The smallest absolute Gasteiger partial charge is 0.427 e. The zero-order valence-corrected chi connectivity index (χ0v) is 24.0. The number of carbonyl (C=O) groups is 2. The summed E-state index contributed by atoms with van der Waals surface area (Å²) in [6, 6.07) is 3.66. The van der Waals surface area contributed by atoms with Gasteiger partial charge in [-0.05, 0) is 44.4 Å². The fourth-order valence-electron chi connectivity index (χ4n) is 3.66. The minimum absolute atomic E-state index is 0.0329. The van der Waals surface area contributed by atoms with E-state index in [2.05, 4.69) is 9.72 Å². The van der Waals surface area contributed by atoms with Crippen molar-refractivity contribution < 1.29 is 63.7 Å². The Balaban J connectivity index is 2.03. The molecule has 3 rings (SSSR count). The van der Waals surface area contributed by atoms with Gasteiger partial charge in [-0.3, -0.25) is 13.9 Å². The normalized spacial score (nSPS) is 16.0. The zero-order valence-electron chi connectivity index (χ0n) is 22.3. The summed E-state index contributed by atoms with van der Waals surface area (Å²) in [5, 5.41) is 7.80. The molecular formula is C24H26F6N2O8S2. The predicted octanol–water partition coefficient (Wildman–Crippen LogP) is 4.89. The molecule has 1 aromatic heterocycles. The molecule has 0 saturated heterocycles. The number of alkyl halides is 6. The van der Waals surface area contributed by atoms with Crippen LogP contribution in [0.25, 0.3) is 0 Å². The van der Waals surface area contributed by atoms with Crippen LogP contribution in [0.4, 0.5) is 32.0 Å². The molecule has 0 spiro atoms. The largest absolute Gasteiger partial charge is 0.486 e. The molecule has 18 heteroatoms. The first-order valence-corrected chi connectivity index (χ1v) is 14.5. The fourth-order valence-corrected chi connectivity index (χ4v) is 6.38. The lowest BCUT2D eigenvalue weighted by Gasteiger charge is -2.35. The number of carboxylic acids is 1. The van der Waals surface area contributed by atoms with E-state index in [0.717, 1.165) is 10.4 Å². The summed E-state index contributed by atoms with van der Waals surface area (Å²) in [6.07, 6.45) is -11.7. The minimum atomic E-state index is -4.86. The number of sulfonamides is 1. The van der Waals surface area contributed by atoms with Crippen molar-refractivity contribution in [3.63, 3.8) is 0 Å². The molecule has 0 bridgehead atoms. The third-order valence-corrected chi connectivity index (χ3v) is 8.78. The number of aromatic nitrogens is 1. The van der Waals surface area contributed by atoms with Crippen LogP contribution in [0.2, 0.25) is 0 Å². The quantitative estimate of drug-likeness (QED) is 0.267. The van der Waals surface area contributed by atoms with Crippen LogP contribution in [0.15, 0.2) is 23.2 Å². The van der Waals surface area contributed by atoms with Crippen LogP contribution in [0.5, 0.6) is 10.8 Å². The van der Waals surface area contributed by atoms with Gasteiger partial charge in [0.25, 0.3) is 10.0 Å². The molecule has 1 aromatic carbocycles. The molecule has 1 atom stereocenters. The Morgan fingerprint density at radius 1 is 1.19 bits per heavy atom. The van der Waals surface area contributed by atoms with E-state index < -0.39 is 82.1 Å². The summed E-state index contributed by atoms with van der Waals surface area (Å²) < 4.78 is 122. The number of ether oxygens (including phenoxy) is 3. The zero-order chi connectivity index (χ0) is 31.7. The number of aliphatic carboxylic acids is 1. The van der Waals surface area contributed by atoms with Crippen molar-refractivity contribution in [3.8, 4) is 10.8 Å². The molecule has 0 saturated carbocycles. The average Bonchev–Trinajstić information content (AvgIpc) is 3.29. The van der Waals surface area contributed by atoms with Gasteiger partial charge in [-0.25, -0.2) is 4.98 Å². The second-order valence-electron chi connectivity index (χ2n) is 9.63. The van der Waals surface area contributed by atoms with Crippen LogP contribution in [-0.2, 0) is 37.2 Å². The first-order valence-electron chi connectivity index (χ1n) is 12.3. The minimum Gasteiger partial charge on any atom is -0.486 e. The number of esters is 1. The van der Waals surface area contributed by atoms with Crippen molar-refractivity contribution in [2.75, 3.05) is 17.5 Å². The number of aryl methyl sites for hydroxylation is 1.